The van der Waals surface area contributed by atoms with Crippen LogP contribution in [0.1, 0.15) is 44.9 Å². The minimum Gasteiger partial charge on any atom is -0.497 e. The molecule has 7 nitrogen and oxygen atoms in total. The van der Waals surface area contributed by atoms with Crippen LogP contribution in [0.4, 0.5) is 11.4 Å². The van der Waals surface area contributed by atoms with E-state index < -0.39 is 10.0 Å². The number of thiocarbonyl (C=S) groups is 1. The Morgan fingerprint density at radius 2 is 1.62 bits per heavy atom. The number of piperidine rings is 1. The second-order valence-electron chi connectivity index (χ2n) is 9.06. The number of nitrogens with one attached hydrogen (secondary N) is 3. The van der Waals surface area contributed by atoms with E-state index in [1.165, 1.54) is 12.1 Å². The van der Waals surface area contributed by atoms with Crippen molar-refractivity contribution in [1.82, 2.24) is 10.0 Å². The van der Waals surface area contributed by atoms with Crippen molar-refractivity contribution >= 4 is 38.7 Å². The van der Waals surface area contributed by atoms with E-state index >= 15 is 0 Å². The van der Waals surface area contributed by atoms with Crippen molar-refractivity contribution in [3.05, 3.63) is 48.5 Å². The summed E-state index contributed by atoms with van der Waals surface area (Å²) < 4.78 is 33.5. The number of hydrogen-bond donors (Lipinski definition) is 3. The Kier molecular flexibility index (Phi) is 8.28. The third kappa shape index (κ3) is 6.61. The fourth-order valence-electron chi connectivity index (χ4n) is 4.70. The first kappa shape index (κ1) is 24.8. The van der Waals surface area contributed by atoms with Crippen LogP contribution >= 0.6 is 12.2 Å². The summed E-state index contributed by atoms with van der Waals surface area (Å²) in [4.78, 5) is 2.63. The first-order chi connectivity index (χ1) is 16.4. The van der Waals surface area contributed by atoms with Gasteiger partial charge in [0.25, 0.3) is 0 Å². The lowest BCUT2D eigenvalue weighted by molar-refractivity contribution is 0.412. The van der Waals surface area contributed by atoms with Crippen LogP contribution in [0.15, 0.2) is 53.4 Å². The van der Waals surface area contributed by atoms with Crippen LogP contribution in [0.25, 0.3) is 0 Å². The fourth-order valence-corrected chi connectivity index (χ4v) is 6.29. The van der Waals surface area contributed by atoms with Crippen molar-refractivity contribution in [3.8, 4) is 5.75 Å². The van der Waals surface area contributed by atoms with Crippen LogP contribution in [0, 0.1) is 0 Å². The maximum absolute atomic E-state index is 12.7. The van der Waals surface area contributed by atoms with Crippen molar-refractivity contribution in [1.29, 1.82) is 0 Å². The van der Waals surface area contributed by atoms with Crippen LogP contribution in [-0.2, 0) is 10.0 Å². The Labute approximate surface area is 208 Å². The quantitative estimate of drug-likeness (QED) is 0.488. The van der Waals surface area contributed by atoms with Gasteiger partial charge in [-0.2, -0.15) is 0 Å². The van der Waals surface area contributed by atoms with Gasteiger partial charge in [0.1, 0.15) is 5.75 Å². The van der Waals surface area contributed by atoms with Crippen molar-refractivity contribution < 1.29 is 13.2 Å². The first-order valence-corrected chi connectivity index (χ1v) is 13.9. The van der Waals surface area contributed by atoms with Crippen molar-refractivity contribution in [3.63, 3.8) is 0 Å². The number of hydrogen-bond acceptors (Lipinski definition) is 5. The number of rotatable bonds is 7. The van der Waals surface area contributed by atoms with Gasteiger partial charge in [-0.25, -0.2) is 13.1 Å². The number of nitrogens with zero attached hydrogens (tertiary/aromatic N) is 1. The van der Waals surface area contributed by atoms with Gasteiger partial charge in [-0.15, -0.1) is 0 Å². The SMILES string of the molecule is COc1ccc(N2CCCC(NC(=S)Nc3ccc(S(=O)(=O)NC4CCCCC4)cc3)C2)cc1. The maximum Gasteiger partial charge on any atom is 0.240 e. The number of sulfonamides is 1. The zero-order chi connectivity index (χ0) is 24.0. The topological polar surface area (TPSA) is 82.7 Å². The summed E-state index contributed by atoms with van der Waals surface area (Å²) >= 11 is 5.53. The average Bonchev–Trinajstić information content (AvgIpc) is 2.85. The van der Waals surface area contributed by atoms with Gasteiger partial charge in [0.15, 0.2) is 5.11 Å². The molecule has 34 heavy (non-hydrogen) atoms. The maximum atomic E-state index is 12.7. The van der Waals surface area contributed by atoms with E-state index in [-0.39, 0.29) is 17.0 Å². The Hall–Kier alpha value is -2.36. The van der Waals surface area contributed by atoms with Crippen LogP contribution in [0.2, 0.25) is 0 Å². The third-order valence-corrected chi connectivity index (χ3v) is 8.30. The molecule has 0 amide bonds. The molecule has 2 fully saturated rings. The minimum absolute atomic E-state index is 0.0429. The molecule has 2 aromatic rings. The molecule has 1 saturated carbocycles. The van der Waals surface area contributed by atoms with Gasteiger partial charge in [0, 0.05) is 36.5 Å². The molecule has 0 bridgehead atoms. The monoisotopic (exact) mass is 502 g/mol. The number of benzene rings is 2. The molecule has 0 aromatic heterocycles. The Balaban J connectivity index is 1.29. The van der Waals surface area contributed by atoms with Crippen LogP contribution in [0.3, 0.4) is 0 Å². The smallest absolute Gasteiger partial charge is 0.240 e. The van der Waals surface area contributed by atoms with E-state index in [1.807, 2.05) is 12.1 Å². The van der Waals surface area contributed by atoms with E-state index in [1.54, 1.807) is 31.4 Å². The summed E-state index contributed by atoms with van der Waals surface area (Å²) in [6, 6.07) is 15.2. The first-order valence-electron chi connectivity index (χ1n) is 12.0. The van der Waals surface area contributed by atoms with Crippen molar-refractivity contribution in [2.45, 2.75) is 61.9 Å². The molecule has 9 heteroatoms. The van der Waals surface area contributed by atoms with Gasteiger partial charge in [-0.3, -0.25) is 0 Å². The second kappa shape index (κ2) is 11.4. The summed E-state index contributed by atoms with van der Waals surface area (Å²) in [7, 11) is -1.83. The highest BCUT2D eigenvalue weighted by Gasteiger charge is 2.23. The number of anilines is 2. The number of methoxy groups -OCH3 is 1. The summed E-state index contributed by atoms with van der Waals surface area (Å²) in [5.74, 6) is 0.851. The molecule has 1 saturated heterocycles. The van der Waals surface area contributed by atoms with Gasteiger partial charge < -0.3 is 20.3 Å². The summed E-state index contributed by atoms with van der Waals surface area (Å²) in [6.45, 7) is 1.87. The Morgan fingerprint density at radius 3 is 2.29 bits per heavy atom. The largest absolute Gasteiger partial charge is 0.497 e. The molecule has 0 radical (unpaired) electrons. The summed E-state index contributed by atoms with van der Waals surface area (Å²) in [5, 5.41) is 7.14. The molecular weight excluding hydrogens is 468 g/mol. The summed E-state index contributed by atoms with van der Waals surface area (Å²) in [5.41, 5.74) is 1.93. The highest BCUT2D eigenvalue weighted by molar-refractivity contribution is 7.89. The highest BCUT2D eigenvalue weighted by Crippen LogP contribution is 2.23. The van der Waals surface area contributed by atoms with Gasteiger partial charge in [-0.05, 0) is 86.4 Å². The van der Waals surface area contributed by atoms with Crippen LogP contribution in [-0.4, -0.2) is 45.8 Å². The van der Waals surface area contributed by atoms with Gasteiger partial charge >= 0.3 is 0 Å². The molecule has 1 aliphatic carbocycles. The Morgan fingerprint density at radius 1 is 0.941 bits per heavy atom. The van der Waals surface area contributed by atoms with E-state index in [2.05, 4.69) is 32.4 Å². The molecule has 1 aliphatic heterocycles. The standard InChI is InChI=1S/C25H34N4O3S2/c1-32-23-13-11-22(12-14-23)29-17-5-8-21(18-29)27-25(33)26-19-9-15-24(16-10-19)34(30,31)28-20-6-3-2-4-7-20/h9-16,20-21,28H,2-8,17-18H2,1H3,(H2,26,27,33). The van der Waals surface area contributed by atoms with Crippen LogP contribution in [0.5, 0.6) is 5.75 Å². The molecule has 1 heterocycles. The molecule has 4 rings (SSSR count). The van der Waals surface area contributed by atoms with Gasteiger partial charge in [-0.1, -0.05) is 19.3 Å². The lowest BCUT2D eigenvalue weighted by atomic mass is 9.96. The normalized spacial score (nSPS) is 19.4. The highest BCUT2D eigenvalue weighted by atomic mass is 32.2. The minimum atomic E-state index is -3.50. The zero-order valence-corrected chi connectivity index (χ0v) is 21.3. The van der Waals surface area contributed by atoms with Crippen molar-refractivity contribution in [2.24, 2.45) is 0 Å². The average molecular weight is 503 g/mol. The van der Waals surface area contributed by atoms with Gasteiger partial charge in [0.05, 0.1) is 12.0 Å². The lowest BCUT2D eigenvalue weighted by Crippen LogP contribution is -2.48. The second-order valence-corrected chi connectivity index (χ2v) is 11.2. The van der Waals surface area contributed by atoms with Gasteiger partial charge in [0.2, 0.25) is 10.0 Å². The Bertz CT molecular complexity index is 1050. The molecule has 1 atom stereocenters. The fraction of sp³-hybridized carbons (Fsp3) is 0.480. The lowest BCUT2D eigenvalue weighted by Gasteiger charge is -2.35. The zero-order valence-electron chi connectivity index (χ0n) is 19.6. The van der Waals surface area contributed by atoms with E-state index in [4.69, 9.17) is 17.0 Å². The van der Waals surface area contributed by atoms with Crippen LogP contribution < -0.4 is 25.0 Å². The summed E-state index contributed by atoms with van der Waals surface area (Å²) in [6.07, 6.45) is 7.29. The molecular formula is C25H34N4O3S2. The predicted octanol–water partition coefficient (Wildman–Crippen LogP) is 4.26. The van der Waals surface area contributed by atoms with E-state index in [0.717, 1.165) is 63.1 Å². The molecule has 3 N–H and O–H groups in total. The molecule has 184 valence electrons. The van der Waals surface area contributed by atoms with E-state index in [9.17, 15) is 8.42 Å². The molecule has 2 aliphatic rings. The molecule has 0 spiro atoms. The predicted molar refractivity (Wildman–Crippen MR) is 141 cm³/mol. The molecule has 2 aromatic carbocycles. The number of ether oxygens (including phenoxy) is 1. The molecule has 1 unspecified atom stereocenters. The van der Waals surface area contributed by atoms with E-state index in [0.29, 0.717) is 5.11 Å². The van der Waals surface area contributed by atoms with Crippen molar-refractivity contribution in [2.75, 3.05) is 30.4 Å². The third-order valence-electron chi connectivity index (χ3n) is 6.54.